The van der Waals surface area contributed by atoms with Crippen molar-refractivity contribution in [2.45, 2.75) is 38.9 Å². The van der Waals surface area contributed by atoms with Crippen molar-refractivity contribution in [3.63, 3.8) is 0 Å². The lowest BCUT2D eigenvalue weighted by Crippen LogP contribution is -2.22. The summed E-state index contributed by atoms with van der Waals surface area (Å²) in [6, 6.07) is 3.05. The highest BCUT2D eigenvalue weighted by atomic mass is 19.1. The summed E-state index contributed by atoms with van der Waals surface area (Å²) in [7, 11) is 0. The van der Waals surface area contributed by atoms with Gasteiger partial charge in [-0.1, -0.05) is 13.3 Å². The second-order valence-electron chi connectivity index (χ2n) is 3.93. The van der Waals surface area contributed by atoms with Crippen LogP contribution in [0.4, 0.5) is 8.78 Å². The highest BCUT2D eigenvalue weighted by molar-refractivity contribution is 5.21. The van der Waals surface area contributed by atoms with Crippen molar-refractivity contribution in [3.05, 3.63) is 35.4 Å². The zero-order valence-electron chi connectivity index (χ0n) is 10.1. The Morgan fingerprint density at radius 2 is 1.76 bits per heavy atom. The number of hydrogen-bond acceptors (Lipinski definition) is 2. The quantitative estimate of drug-likeness (QED) is 0.832. The van der Waals surface area contributed by atoms with Gasteiger partial charge in [0.05, 0.1) is 6.10 Å². The van der Waals surface area contributed by atoms with Gasteiger partial charge in [-0.15, -0.1) is 0 Å². The van der Waals surface area contributed by atoms with E-state index in [4.69, 9.17) is 4.74 Å². The minimum Gasteiger partial charge on any atom is -0.386 e. The third-order valence-electron chi connectivity index (χ3n) is 2.53. The molecule has 0 saturated carbocycles. The molecule has 96 valence electrons. The normalized spacial score (nSPS) is 14.6. The van der Waals surface area contributed by atoms with E-state index in [-0.39, 0.29) is 5.56 Å². The molecule has 1 aromatic rings. The van der Waals surface area contributed by atoms with Crippen LogP contribution in [-0.2, 0) is 4.74 Å². The summed E-state index contributed by atoms with van der Waals surface area (Å²) >= 11 is 0. The number of hydrogen-bond donors (Lipinski definition) is 1. The van der Waals surface area contributed by atoms with Gasteiger partial charge in [0.15, 0.2) is 0 Å². The molecule has 1 N–H and O–H groups in total. The maximum atomic E-state index is 13.0. The Hall–Kier alpha value is -1.00. The van der Waals surface area contributed by atoms with Crippen LogP contribution in [0.2, 0.25) is 0 Å². The molecule has 0 spiro atoms. The standard InChI is InChI=1S/C13H18F2O2/c1-3-5-12(17-4-2)13(16)9-6-10(14)8-11(15)7-9/h6-8,12-13,16H,3-5H2,1-2H3. The largest absolute Gasteiger partial charge is 0.386 e. The Balaban J connectivity index is 2.87. The van der Waals surface area contributed by atoms with Crippen molar-refractivity contribution in [3.8, 4) is 0 Å². The maximum absolute atomic E-state index is 13.0. The molecule has 0 radical (unpaired) electrons. The lowest BCUT2D eigenvalue weighted by atomic mass is 10.0. The van der Waals surface area contributed by atoms with Crippen LogP contribution in [0.5, 0.6) is 0 Å². The number of rotatable bonds is 6. The second kappa shape index (κ2) is 6.67. The first-order valence-electron chi connectivity index (χ1n) is 5.84. The molecule has 0 bridgehead atoms. The number of benzene rings is 1. The lowest BCUT2D eigenvalue weighted by Gasteiger charge is -2.22. The average Bonchev–Trinajstić information content (AvgIpc) is 2.26. The Morgan fingerprint density at radius 1 is 1.18 bits per heavy atom. The van der Waals surface area contributed by atoms with E-state index < -0.39 is 23.8 Å². The zero-order chi connectivity index (χ0) is 12.8. The first-order valence-corrected chi connectivity index (χ1v) is 5.84. The van der Waals surface area contributed by atoms with Crippen LogP contribution in [0.3, 0.4) is 0 Å². The summed E-state index contributed by atoms with van der Waals surface area (Å²) < 4.78 is 31.4. The van der Waals surface area contributed by atoms with E-state index in [0.717, 1.165) is 24.6 Å². The first-order chi connectivity index (χ1) is 8.08. The van der Waals surface area contributed by atoms with Gasteiger partial charge in [0.2, 0.25) is 0 Å². The van der Waals surface area contributed by atoms with Gasteiger partial charge in [-0.25, -0.2) is 8.78 Å². The molecule has 0 aromatic heterocycles. The molecule has 0 heterocycles. The Bertz CT molecular complexity index is 329. The second-order valence-corrected chi connectivity index (χ2v) is 3.93. The molecular formula is C13H18F2O2. The van der Waals surface area contributed by atoms with E-state index in [9.17, 15) is 13.9 Å². The van der Waals surface area contributed by atoms with Crippen LogP contribution in [0.1, 0.15) is 38.4 Å². The van der Waals surface area contributed by atoms with Crippen LogP contribution < -0.4 is 0 Å². The van der Waals surface area contributed by atoms with E-state index in [2.05, 4.69) is 0 Å². The number of aliphatic hydroxyl groups excluding tert-OH is 1. The molecule has 2 atom stereocenters. The van der Waals surface area contributed by atoms with Gasteiger partial charge < -0.3 is 9.84 Å². The molecule has 0 saturated heterocycles. The van der Waals surface area contributed by atoms with Gasteiger partial charge in [0, 0.05) is 12.7 Å². The smallest absolute Gasteiger partial charge is 0.126 e. The van der Waals surface area contributed by atoms with Crippen molar-refractivity contribution < 1.29 is 18.6 Å². The molecular weight excluding hydrogens is 226 g/mol. The maximum Gasteiger partial charge on any atom is 0.126 e. The third-order valence-corrected chi connectivity index (χ3v) is 2.53. The Labute approximate surface area is 100 Å². The van der Waals surface area contributed by atoms with Crippen molar-refractivity contribution in [2.75, 3.05) is 6.61 Å². The number of aliphatic hydroxyl groups is 1. The van der Waals surface area contributed by atoms with Gasteiger partial charge in [-0.3, -0.25) is 0 Å². The van der Waals surface area contributed by atoms with Crippen LogP contribution >= 0.6 is 0 Å². The Kier molecular flexibility index (Phi) is 5.51. The molecule has 17 heavy (non-hydrogen) atoms. The van der Waals surface area contributed by atoms with Crippen molar-refractivity contribution in [2.24, 2.45) is 0 Å². The van der Waals surface area contributed by atoms with Crippen molar-refractivity contribution in [1.29, 1.82) is 0 Å². The predicted octanol–water partition coefficient (Wildman–Crippen LogP) is 3.20. The average molecular weight is 244 g/mol. The third kappa shape index (κ3) is 4.06. The van der Waals surface area contributed by atoms with Gasteiger partial charge in [-0.05, 0) is 31.0 Å². The van der Waals surface area contributed by atoms with Crippen LogP contribution in [0.25, 0.3) is 0 Å². The molecule has 4 heteroatoms. The molecule has 0 aliphatic rings. The summed E-state index contributed by atoms with van der Waals surface area (Å²) in [5.74, 6) is -1.38. The van der Waals surface area contributed by atoms with Gasteiger partial charge in [0.25, 0.3) is 0 Å². The topological polar surface area (TPSA) is 29.5 Å². The van der Waals surface area contributed by atoms with Crippen LogP contribution in [0, 0.1) is 11.6 Å². The molecule has 2 unspecified atom stereocenters. The summed E-state index contributed by atoms with van der Waals surface area (Å²) in [5.41, 5.74) is 0.217. The van der Waals surface area contributed by atoms with E-state index in [1.54, 1.807) is 0 Å². The molecule has 0 amide bonds. The summed E-state index contributed by atoms with van der Waals surface area (Å²) in [6.45, 7) is 4.24. The Morgan fingerprint density at radius 3 is 2.24 bits per heavy atom. The van der Waals surface area contributed by atoms with Gasteiger partial charge >= 0.3 is 0 Å². The fourth-order valence-corrected chi connectivity index (χ4v) is 1.79. The van der Waals surface area contributed by atoms with E-state index >= 15 is 0 Å². The summed E-state index contributed by atoms with van der Waals surface area (Å²) in [6.07, 6.45) is 0.0541. The van der Waals surface area contributed by atoms with Gasteiger partial charge in [-0.2, -0.15) is 0 Å². The summed E-state index contributed by atoms with van der Waals surface area (Å²) in [5, 5.41) is 10.0. The molecule has 0 fully saturated rings. The number of halogens is 2. The highest BCUT2D eigenvalue weighted by Crippen LogP contribution is 2.24. The van der Waals surface area contributed by atoms with Crippen molar-refractivity contribution >= 4 is 0 Å². The van der Waals surface area contributed by atoms with E-state index in [1.165, 1.54) is 0 Å². The minimum atomic E-state index is -1.000. The zero-order valence-corrected chi connectivity index (χ0v) is 10.1. The van der Waals surface area contributed by atoms with Crippen molar-refractivity contribution in [1.82, 2.24) is 0 Å². The van der Waals surface area contributed by atoms with Gasteiger partial charge in [0.1, 0.15) is 17.7 Å². The summed E-state index contributed by atoms with van der Waals surface area (Å²) in [4.78, 5) is 0. The molecule has 1 aromatic carbocycles. The SMILES string of the molecule is CCCC(OCC)C(O)c1cc(F)cc(F)c1. The minimum absolute atomic E-state index is 0.217. The van der Waals surface area contributed by atoms with E-state index in [0.29, 0.717) is 13.0 Å². The first kappa shape index (κ1) is 14.1. The van der Waals surface area contributed by atoms with Crippen LogP contribution in [-0.4, -0.2) is 17.8 Å². The van der Waals surface area contributed by atoms with E-state index in [1.807, 2.05) is 13.8 Å². The highest BCUT2D eigenvalue weighted by Gasteiger charge is 2.21. The monoisotopic (exact) mass is 244 g/mol. The van der Waals surface area contributed by atoms with Crippen LogP contribution in [0.15, 0.2) is 18.2 Å². The fraction of sp³-hybridized carbons (Fsp3) is 0.538. The predicted molar refractivity (Wildman–Crippen MR) is 61.6 cm³/mol. The lowest BCUT2D eigenvalue weighted by molar-refractivity contribution is -0.0386. The fourth-order valence-electron chi connectivity index (χ4n) is 1.79. The molecule has 2 nitrogen and oxygen atoms in total. The molecule has 0 aliphatic carbocycles. The molecule has 0 aliphatic heterocycles. The molecule has 1 rings (SSSR count). The number of ether oxygens (including phenoxy) is 1.